The zero-order valence-electron chi connectivity index (χ0n) is 17.5. The third kappa shape index (κ3) is 5.79. The van der Waals surface area contributed by atoms with Crippen LogP contribution < -0.4 is 10.6 Å². The number of hydrogen-bond acceptors (Lipinski definition) is 5. The first-order valence-electron chi connectivity index (χ1n) is 10.3. The first-order chi connectivity index (χ1) is 13.1. The second-order valence-corrected chi connectivity index (χ2v) is 7.66. The highest BCUT2D eigenvalue weighted by atomic mass is 127. The molecule has 28 heavy (non-hydrogen) atoms. The van der Waals surface area contributed by atoms with E-state index in [1.54, 1.807) is 0 Å². The van der Waals surface area contributed by atoms with Crippen LogP contribution in [-0.4, -0.2) is 70.6 Å². The summed E-state index contributed by atoms with van der Waals surface area (Å²) >= 11 is 0. The normalized spacial score (nSPS) is 20.5. The molecule has 160 valence electrons. The van der Waals surface area contributed by atoms with Gasteiger partial charge in [0.1, 0.15) is 12.4 Å². The topological polar surface area (TPSA) is 79.6 Å². The molecule has 2 fully saturated rings. The fraction of sp³-hybridized carbons (Fsp3) is 0.842. The van der Waals surface area contributed by atoms with Crippen LogP contribution in [0.5, 0.6) is 0 Å². The molecule has 1 saturated heterocycles. The van der Waals surface area contributed by atoms with Crippen molar-refractivity contribution in [2.75, 3.05) is 39.4 Å². The first-order valence-corrected chi connectivity index (χ1v) is 10.3. The van der Waals surface area contributed by atoms with Gasteiger partial charge in [-0.05, 0) is 26.7 Å². The molecule has 2 N–H and O–H groups in total. The lowest BCUT2D eigenvalue weighted by Crippen LogP contribution is -2.60. The second-order valence-electron chi connectivity index (χ2n) is 7.66. The lowest BCUT2D eigenvalue weighted by molar-refractivity contribution is -0.0352. The van der Waals surface area contributed by atoms with Gasteiger partial charge in [-0.25, -0.2) is 4.99 Å². The summed E-state index contributed by atoms with van der Waals surface area (Å²) in [5.41, 5.74) is 0.222. The van der Waals surface area contributed by atoms with Crippen LogP contribution in [0.3, 0.4) is 0 Å². The molecular formula is C19H36IN7O. The van der Waals surface area contributed by atoms with Crippen molar-refractivity contribution in [2.24, 2.45) is 12.0 Å². The molecule has 2 aliphatic rings. The standard InChI is InChI=1S/C19H35N7O.HI/c1-4-20-18(21-14-17-24-23-16(2)25(17)3)22-15-19(8-6-5-7-9-19)26-10-12-27-13-11-26;/h4-15H2,1-3H3,(H2,20,21,22);1H. The molecule has 0 amide bonds. The number of aliphatic imine (C=N–C) groups is 1. The molecule has 1 aliphatic carbocycles. The monoisotopic (exact) mass is 505 g/mol. The molecule has 8 nitrogen and oxygen atoms in total. The fourth-order valence-corrected chi connectivity index (χ4v) is 4.18. The molecular weight excluding hydrogens is 469 g/mol. The van der Waals surface area contributed by atoms with Gasteiger partial charge in [0.25, 0.3) is 0 Å². The van der Waals surface area contributed by atoms with E-state index in [1.807, 2.05) is 18.5 Å². The minimum Gasteiger partial charge on any atom is -0.379 e. The molecule has 1 aromatic rings. The Morgan fingerprint density at radius 3 is 2.46 bits per heavy atom. The summed E-state index contributed by atoms with van der Waals surface area (Å²) in [6.45, 7) is 10.1. The summed E-state index contributed by atoms with van der Waals surface area (Å²) < 4.78 is 7.58. The summed E-state index contributed by atoms with van der Waals surface area (Å²) in [6.07, 6.45) is 6.48. The Kier molecular flexibility index (Phi) is 9.42. The van der Waals surface area contributed by atoms with Gasteiger partial charge in [0.05, 0.1) is 13.2 Å². The number of morpholine rings is 1. The Balaban J connectivity index is 0.00000280. The lowest BCUT2D eigenvalue weighted by atomic mass is 9.80. The van der Waals surface area contributed by atoms with Crippen molar-refractivity contribution in [1.29, 1.82) is 0 Å². The van der Waals surface area contributed by atoms with Gasteiger partial charge in [0.2, 0.25) is 0 Å². The number of aromatic nitrogens is 3. The lowest BCUT2D eigenvalue weighted by Gasteiger charge is -2.48. The van der Waals surface area contributed by atoms with E-state index < -0.39 is 0 Å². The molecule has 2 heterocycles. The van der Waals surface area contributed by atoms with Gasteiger partial charge in [0.15, 0.2) is 11.8 Å². The average molecular weight is 505 g/mol. The van der Waals surface area contributed by atoms with E-state index in [0.29, 0.717) is 6.54 Å². The van der Waals surface area contributed by atoms with Crippen LogP contribution >= 0.6 is 24.0 Å². The number of rotatable bonds is 6. The minimum atomic E-state index is 0. The van der Waals surface area contributed by atoms with Gasteiger partial charge in [-0.2, -0.15) is 0 Å². The van der Waals surface area contributed by atoms with Gasteiger partial charge in [-0.15, -0.1) is 34.2 Å². The predicted octanol–water partition coefficient (Wildman–Crippen LogP) is 1.83. The van der Waals surface area contributed by atoms with Crippen LogP contribution in [0.1, 0.15) is 50.7 Å². The van der Waals surface area contributed by atoms with E-state index in [4.69, 9.17) is 9.73 Å². The van der Waals surface area contributed by atoms with E-state index in [1.165, 1.54) is 32.1 Å². The van der Waals surface area contributed by atoms with Crippen molar-refractivity contribution in [2.45, 2.75) is 58.0 Å². The third-order valence-electron chi connectivity index (χ3n) is 5.96. The van der Waals surface area contributed by atoms with Crippen LogP contribution in [0.15, 0.2) is 4.99 Å². The van der Waals surface area contributed by atoms with E-state index in [-0.39, 0.29) is 29.5 Å². The van der Waals surface area contributed by atoms with Crippen LogP contribution in [0.2, 0.25) is 0 Å². The first kappa shape index (κ1) is 23.3. The average Bonchev–Trinajstić information content (AvgIpc) is 3.03. The molecule has 0 unspecified atom stereocenters. The molecule has 1 saturated carbocycles. The molecule has 3 rings (SSSR count). The summed E-state index contributed by atoms with van der Waals surface area (Å²) in [5, 5.41) is 15.3. The van der Waals surface area contributed by atoms with Gasteiger partial charge in [0, 0.05) is 38.8 Å². The number of hydrogen-bond donors (Lipinski definition) is 2. The molecule has 1 aromatic heterocycles. The van der Waals surface area contributed by atoms with Gasteiger partial charge >= 0.3 is 0 Å². The number of nitrogens with zero attached hydrogens (tertiary/aromatic N) is 5. The highest BCUT2D eigenvalue weighted by molar-refractivity contribution is 14.0. The SMILES string of the molecule is CCNC(=NCc1nnc(C)n1C)NCC1(N2CCOCC2)CCCCC1.I. The zero-order valence-corrected chi connectivity index (χ0v) is 19.9. The molecule has 9 heteroatoms. The Morgan fingerprint density at radius 2 is 1.86 bits per heavy atom. The molecule has 0 radical (unpaired) electrons. The predicted molar refractivity (Wildman–Crippen MR) is 122 cm³/mol. The van der Waals surface area contributed by atoms with Gasteiger partial charge < -0.3 is 19.9 Å². The van der Waals surface area contributed by atoms with Crippen LogP contribution in [0.4, 0.5) is 0 Å². The van der Waals surface area contributed by atoms with E-state index >= 15 is 0 Å². The summed E-state index contributed by atoms with van der Waals surface area (Å²) in [7, 11) is 1.98. The van der Waals surface area contributed by atoms with Crippen molar-refractivity contribution < 1.29 is 4.74 Å². The number of halogens is 1. The number of ether oxygens (including phenoxy) is 1. The second kappa shape index (κ2) is 11.3. The largest absolute Gasteiger partial charge is 0.379 e. The Labute approximate surface area is 185 Å². The smallest absolute Gasteiger partial charge is 0.191 e. The van der Waals surface area contributed by atoms with Crippen molar-refractivity contribution >= 4 is 29.9 Å². The summed E-state index contributed by atoms with van der Waals surface area (Å²) in [6, 6.07) is 0. The Morgan fingerprint density at radius 1 is 1.14 bits per heavy atom. The highest BCUT2D eigenvalue weighted by Crippen LogP contribution is 2.33. The molecule has 1 aliphatic heterocycles. The van der Waals surface area contributed by atoms with Gasteiger partial charge in [-0.3, -0.25) is 4.90 Å². The Hall–Kier alpha value is -0.940. The minimum absolute atomic E-state index is 0. The van der Waals surface area contributed by atoms with E-state index in [0.717, 1.165) is 57.0 Å². The Bertz CT molecular complexity index is 622. The van der Waals surface area contributed by atoms with E-state index in [2.05, 4.69) is 32.7 Å². The maximum Gasteiger partial charge on any atom is 0.191 e. The van der Waals surface area contributed by atoms with Crippen molar-refractivity contribution in [3.63, 3.8) is 0 Å². The molecule has 0 spiro atoms. The number of aryl methyl sites for hydroxylation is 1. The molecule has 0 bridgehead atoms. The van der Waals surface area contributed by atoms with Crippen LogP contribution in [0.25, 0.3) is 0 Å². The summed E-state index contributed by atoms with van der Waals surface area (Å²) in [5.74, 6) is 2.65. The highest BCUT2D eigenvalue weighted by Gasteiger charge is 2.38. The molecule has 0 atom stereocenters. The maximum absolute atomic E-state index is 5.59. The van der Waals surface area contributed by atoms with Crippen molar-refractivity contribution in [3.8, 4) is 0 Å². The van der Waals surface area contributed by atoms with Gasteiger partial charge in [-0.1, -0.05) is 19.3 Å². The van der Waals surface area contributed by atoms with Crippen molar-refractivity contribution in [3.05, 3.63) is 11.6 Å². The maximum atomic E-state index is 5.59. The van der Waals surface area contributed by atoms with Crippen LogP contribution in [0, 0.1) is 6.92 Å². The van der Waals surface area contributed by atoms with Crippen molar-refractivity contribution in [1.82, 2.24) is 30.3 Å². The summed E-state index contributed by atoms with van der Waals surface area (Å²) in [4.78, 5) is 7.40. The molecule has 0 aromatic carbocycles. The zero-order chi connectivity index (χ0) is 19.1. The number of nitrogens with one attached hydrogen (secondary N) is 2. The fourth-order valence-electron chi connectivity index (χ4n) is 4.18. The number of guanidine groups is 1. The quantitative estimate of drug-likeness (QED) is 0.349. The van der Waals surface area contributed by atoms with Crippen LogP contribution in [-0.2, 0) is 18.3 Å². The van der Waals surface area contributed by atoms with E-state index in [9.17, 15) is 0 Å². The third-order valence-corrected chi connectivity index (χ3v) is 5.96.